The van der Waals surface area contributed by atoms with E-state index in [1.165, 1.54) is 0 Å². The van der Waals surface area contributed by atoms with Gasteiger partial charge in [-0.2, -0.15) is 0 Å². The minimum atomic E-state index is -0.849. The molecule has 0 aromatic heterocycles. The lowest BCUT2D eigenvalue weighted by Crippen LogP contribution is -2.42. The average Bonchev–Trinajstić information content (AvgIpc) is 2.43. The maximum Gasteiger partial charge on any atom is 0.309 e. The SMILES string of the molecule is CC(C)CN1C(=O)C[C@H](C(=O)O)[C@H]1C(C)C. The first-order valence-electron chi connectivity index (χ1n) is 5.86. The standard InChI is InChI=1S/C12H21NO3/c1-7(2)6-13-10(14)5-9(12(15)16)11(13)8(3)4/h7-9,11H,5-6H2,1-4H3,(H,15,16)/t9-,11+/m0/s1. The Morgan fingerprint density at radius 2 is 2.00 bits per heavy atom. The highest BCUT2D eigenvalue weighted by Crippen LogP contribution is 2.31. The molecule has 0 spiro atoms. The summed E-state index contributed by atoms with van der Waals surface area (Å²) in [7, 11) is 0. The van der Waals surface area contributed by atoms with Crippen molar-refractivity contribution < 1.29 is 14.7 Å². The van der Waals surface area contributed by atoms with E-state index in [4.69, 9.17) is 5.11 Å². The summed E-state index contributed by atoms with van der Waals surface area (Å²) in [4.78, 5) is 24.7. The van der Waals surface area contributed by atoms with Gasteiger partial charge in [0.25, 0.3) is 0 Å². The van der Waals surface area contributed by atoms with Crippen molar-refractivity contribution in [2.24, 2.45) is 17.8 Å². The van der Waals surface area contributed by atoms with E-state index in [-0.39, 0.29) is 24.3 Å². The summed E-state index contributed by atoms with van der Waals surface area (Å²) in [5.41, 5.74) is 0. The van der Waals surface area contributed by atoms with Gasteiger partial charge in [0.1, 0.15) is 0 Å². The highest BCUT2D eigenvalue weighted by atomic mass is 16.4. The van der Waals surface area contributed by atoms with Gasteiger partial charge in [-0.3, -0.25) is 9.59 Å². The number of aliphatic carboxylic acids is 1. The van der Waals surface area contributed by atoms with E-state index < -0.39 is 11.9 Å². The highest BCUT2D eigenvalue weighted by Gasteiger charge is 2.44. The van der Waals surface area contributed by atoms with Gasteiger partial charge in [-0.05, 0) is 11.8 Å². The predicted octanol–water partition coefficient (Wildman–Crippen LogP) is 1.60. The molecule has 0 aromatic carbocycles. The van der Waals surface area contributed by atoms with Gasteiger partial charge in [0.2, 0.25) is 5.91 Å². The number of hydrogen-bond donors (Lipinski definition) is 1. The summed E-state index contributed by atoms with van der Waals surface area (Å²) >= 11 is 0. The number of carbonyl (C=O) groups is 2. The third kappa shape index (κ3) is 2.54. The van der Waals surface area contributed by atoms with Crippen LogP contribution in [0.15, 0.2) is 0 Å². The number of carboxylic acid groups (broad SMARTS) is 1. The smallest absolute Gasteiger partial charge is 0.309 e. The fourth-order valence-corrected chi connectivity index (χ4v) is 2.48. The monoisotopic (exact) mass is 227 g/mol. The summed E-state index contributed by atoms with van der Waals surface area (Å²) in [5.74, 6) is -0.839. The van der Waals surface area contributed by atoms with Crippen LogP contribution >= 0.6 is 0 Å². The van der Waals surface area contributed by atoms with E-state index in [1.807, 2.05) is 27.7 Å². The van der Waals surface area contributed by atoms with Gasteiger partial charge in [-0.1, -0.05) is 27.7 Å². The first-order chi connectivity index (χ1) is 7.34. The van der Waals surface area contributed by atoms with E-state index in [0.717, 1.165) is 0 Å². The molecule has 1 aliphatic heterocycles. The molecule has 1 aliphatic rings. The van der Waals surface area contributed by atoms with Crippen LogP contribution < -0.4 is 0 Å². The molecule has 1 saturated heterocycles. The molecule has 1 heterocycles. The van der Waals surface area contributed by atoms with Crippen molar-refractivity contribution in [2.75, 3.05) is 6.54 Å². The Bertz CT molecular complexity index is 286. The van der Waals surface area contributed by atoms with E-state index in [0.29, 0.717) is 12.5 Å². The van der Waals surface area contributed by atoms with Crippen molar-refractivity contribution in [1.82, 2.24) is 4.90 Å². The first-order valence-corrected chi connectivity index (χ1v) is 5.86. The van der Waals surface area contributed by atoms with Gasteiger partial charge in [0.15, 0.2) is 0 Å². The first kappa shape index (κ1) is 13.0. The van der Waals surface area contributed by atoms with E-state index in [2.05, 4.69) is 0 Å². The Hall–Kier alpha value is -1.06. The number of likely N-dealkylation sites (tertiary alicyclic amines) is 1. The molecule has 1 N–H and O–H groups in total. The number of nitrogens with zero attached hydrogens (tertiary/aromatic N) is 1. The minimum absolute atomic E-state index is 0.0141. The molecular weight excluding hydrogens is 206 g/mol. The molecule has 0 saturated carbocycles. The Labute approximate surface area is 96.6 Å². The lowest BCUT2D eigenvalue weighted by molar-refractivity contribution is -0.143. The van der Waals surface area contributed by atoms with E-state index in [1.54, 1.807) is 4.90 Å². The summed E-state index contributed by atoms with van der Waals surface area (Å²) in [5, 5.41) is 9.12. The second-order valence-corrected chi connectivity index (χ2v) is 5.32. The largest absolute Gasteiger partial charge is 0.481 e. The number of hydrogen-bond acceptors (Lipinski definition) is 2. The second-order valence-electron chi connectivity index (χ2n) is 5.32. The summed E-state index contributed by atoms with van der Waals surface area (Å²) in [6.07, 6.45) is 0.158. The van der Waals surface area contributed by atoms with Crippen LogP contribution in [0.3, 0.4) is 0 Å². The van der Waals surface area contributed by atoms with Gasteiger partial charge >= 0.3 is 5.97 Å². The molecule has 0 bridgehead atoms. The van der Waals surface area contributed by atoms with Crippen molar-refractivity contribution in [2.45, 2.75) is 40.2 Å². The zero-order valence-electron chi connectivity index (χ0n) is 10.4. The average molecular weight is 227 g/mol. The van der Waals surface area contributed by atoms with Crippen molar-refractivity contribution in [3.05, 3.63) is 0 Å². The van der Waals surface area contributed by atoms with Crippen LogP contribution in [-0.2, 0) is 9.59 Å². The van der Waals surface area contributed by atoms with Crippen LogP contribution in [0, 0.1) is 17.8 Å². The van der Waals surface area contributed by atoms with Crippen molar-refractivity contribution in [1.29, 1.82) is 0 Å². The van der Waals surface area contributed by atoms with Crippen molar-refractivity contribution in [3.8, 4) is 0 Å². The fraction of sp³-hybridized carbons (Fsp3) is 0.833. The van der Waals surface area contributed by atoms with Gasteiger partial charge in [-0.25, -0.2) is 0 Å². The Morgan fingerprint density at radius 3 is 2.38 bits per heavy atom. The number of rotatable bonds is 4. The molecule has 0 radical (unpaired) electrons. The van der Waals surface area contributed by atoms with E-state index in [9.17, 15) is 9.59 Å². The highest BCUT2D eigenvalue weighted by molar-refractivity contribution is 5.87. The summed E-state index contributed by atoms with van der Waals surface area (Å²) < 4.78 is 0. The molecule has 4 nitrogen and oxygen atoms in total. The molecule has 16 heavy (non-hydrogen) atoms. The van der Waals surface area contributed by atoms with Gasteiger partial charge in [0, 0.05) is 19.0 Å². The molecule has 1 amide bonds. The molecule has 0 unspecified atom stereocenters. The predicted molar refractivity (Wildman–Crippen MR) is 60.9 cm³/mol. The third-order valence-corrected chi connectivity index (χ3v) is 3.05. The molecule has 0 aliphatic carbocycles. The molecule has 4 heteroatoms. The molecule has 2 atom stereocenters. The van der Waals surface area contributed by atoms with Crippen LogP contribution in [0.1, 0.15) is 34.1 Å². The lowest BCUT2D eigenvalue weighted by Gasteiger charge is -2.31. The van der Waals surface area contributed by atoms with Crippen molar-refractivity contribution in [3.63, 3.8) is 0 Å². The Balaban J connectivity index is 2.89. The maximum absolute atomic E-state index is 11.8. The Kier molecular flexibility index (Phi) is 3.94. The molecule has 0 aromatic rings. The van der Waals surface area contributed by atoms with Crippen LogP contribution in [0.2, 0.25) is 0 Å². The summed E-state index contributed by atoms with van der Waals surface area (Å²) in [6.45, 7) is 8.70. The van der Waals surface area contributed by atoms with Gasteiger partial charge in [0.05, 0.1) is 5.92 Å². The number of carbonyl (C=O) groups excluding carboxylic acids is 1. The molecule has 1 rings (SSSR count). The third-order valence-electron chi connectivity index (χ3n) is 3.05. The van der Waals surface area contributed by atoms with Crippen LogP contribution in [0.25, 0.3) is 0 Å². The minimum Gasteiger partial charge on any atom is -0.481 e. The zero-order valence-corrected chi connectivity index (χ0v) is 10.4. The van der Waals surface area contributed by atoms with Crippen LogP contribution in [0.4, 0.5) is 0 Å². The van der Waals surface area contributed by atoms with E-state index >= 15 is 0 Å². The molecular formula is C12H21NO3. The van der Waals surface area contributed by atoms with Crippen molar-refractivity contribution >= 4 is 11.9 Å². The number of carboxylic acids is 1. The zero-order chi connectivity index (χ0) is 12.5. The van der Waals surface area contributed by atoms with Crippen LogP contribution in [-0.4, -0.2) is 34.5 Å². The second kappa shape index (κ2) is 4.85. The number of amides is 1. The maximum atomic E-state index is 11.8. The Morgan fingerprint density at radius 1 is 1.44 bits per heavy atom. The van der Waals surface area contributed by atoms with Gasteiger partial charge < -0.3 is 10.0 Å². The topological polar surface area (TPSA) is 57.6 Å². The van der Waals surface area contributed by atoms with Crippen LogP contribution in [0.5, 0.6) is 0 Å². The quantitative estimate of drug-likeness (QED) is 0.793. The summed E-state index contributed by atoms with van der Waals surface area (Å²) in [6, 6.07) is -0.146. The molecule has 1 fully saturated rings. The lowest BCUT2D eigenvalue weighted by atomic mass is 9.91. The normalized spacial score (nSPS) is 25.9. The fourth-order valence-electron chi connectivity index (χ4n) is 2.48. The molecule has 92 valence electrons. The van der Waals surface area contributed by atoms with Gasteiger partial charge in [-0.15, -0.1) is 0 Å².